The van der Waals surface area contributed by atoms with Crippen LogP contribution < -0.4 is 5.32 Å². The lowest BCUT2D eigenvalue weighted by Gasteiger charge is -2.23. The molecule has 2 amide bonds. The number of thioether (sulfide) groups is 1. The number of thiocarbonyl (C=S) groups is 1. The predicted molar refractivity (Wildman–Crippen MR) is 158 cm³/mol. The van der Waals surface area contributed by atoms with E-state index in [1.165, 1.54) is 0 Å². The molecule has 0 radical (unpaired) electrons. The fourth-order valence-corrected chi connectivity index (χ4v) is 5.40. The number of aryl methyl sites for hydroxylation is 2. The number of hydrogen-bond donors (Lipinski definition) is 2. The number of rotatable bonds is 8. The maximum absolute atomic E-state index is 13.1. The van der Waals surface area contributed by atoms with Crippen LogP contribution in [-0.4, -0.2) is 49.4 Å². The zero-order chi connectivity index (χ0) is 29.1. The van der Waals surface area contributed by atoms with E-state index in [9.17, 15) is 19.5 Å². The molecule has 1 fully saturated rings. The molecule has 1 aliphatic heterocycles. The smallest absolute Gasteiger partial charge is 0.407 e. The van der Waals surface area contributed by atoms with Crippen molar-refractivity contribution in [3.05, 3.63) is 57.2 Å². The van der Waals surface area contributed by atoms with Crippen molar-refractivity contribution in [3.8, 4) is 11.1 Å². The highest BCUT2D eigenvalue weighted by Gasteiger charge is 2.34. The fourth-order valence-electron chi connectivity index (χ4n) is 4.17. The monoisotopic (exact) mass is 569 g/mol. The van der Waals surface area contributed by atoms with E-state index in [2.05, 4.69) is 19.2 Å². The molecule has 1 aromatic heterocycles. The van der Waals surface area contributed by atoms with Gasteiger partial charge in [-0.25, -0.2) is 4.79 Å². The molecular weight excluding hydrogens is 534 g/mol. The average molecular weight is 570 g/mol. The van der Waals surface area contributed by atoms with Gasteiger partial charge in [-0.05, 0) is 64.2 Å². The first-order chi connectivity index (χ1) is 18.2. The molecule has 10 heteroatoms. The van der Waals surface area contributed by atoms with E-state index in [1.54, 1.807) is 26.8 Å². The van der Waals surface area contributed by atoms with Crippen molar-refractivity contribution in [2.45, 2.75) is 67.0 Å². The normalized spacial score (nSPS) is 14.9. The number of aromatic nitrogens is 1. The molecule has 0 spiro atoms. The van der Waals surface area contributed by atoms with E-state index in [1.807, 2.05) is 38.1 Å². The zero-order valence-electron chi connectivity index (χ0n) is 23.4. The maximum atomic E-state index is 13.1. The molecule has 39 heavy (non-hydrogen) atoms. The van der Waals surface area contributed by atoms with Crippen molar-refractivity contribution < 1.29 is 24.2 Å². The van der Waals surface area contributed by atoms with Crippen LogP contribution in [-0.2, 0) is 27.3 Å². The third-order valence-electron chi connectivity index (χ3n) is 5.80. The number of carbonyl (C=O) groups is 3. The van der Waals surface area contributed by atoms with Gasteiger partial charge in [0.25, 0.3) is 5.91 Å². The van der Waals surface area contributed by atoms with E-state index in [-0.39, 0.29) is 10.9 Å². The minimum Gasteiger partial charge on any atom is -0.480 e. The Hall–Kier alpha value is -3.24. The topological polar surface area (TPSA) is 109 Å². The Bertz CT molecular complexity index is 1330. The van der Waals surface area contributed by atoms with Crippen molar-refractivity contribution >= 4 is 52.3 Å². The van der Waals surface area contributed by atoms with Gasteiger partial charge in [0.15, 0.2) is 0 Å². The third-order valence-corrected chi connectivity index (χ3v) is 7.18. The van der Waals surface area contributed by atoms with Crippen LogP contribution in [0, 0.1) is 19.8 Å². The summed E-state index contributed by atoms with van der Waals surface area (Å²) in [6.07, 6.45) is 1.88. The predicted octanol–water partition coefficient (Wildman–Crippen LogP) is 5.87. The second kappa shape index (κ2) is 12.3. The van der Waals surface area contributed by atoms with Crippen LogP contribution in [0.3, 0.4) is 0 Å². The lowest BCUT2D eigenvalue weighted by Crippen LogP contribution is -2.33. The van der Waals surface area contributed by atoms with Gasteiger partial charge in [-0.2, -0.15) is 0 Å². The molecule has 1 aliphatic rings. The standard InChI is InChI=1S/C29H35N3O5S2/c1-16(2)12-22-21(14-30-27(36)37-29(5,6)7)25(19-10-8-17(3)9-11-19)20(18(4)31-22)13-23-26(35)32(15-24(33)34)28(38)39-23/h8-11,13,16H,12,14-15H2,1-7H3,(H,30,36)(H,33,34)/b23-13+. The number of aliphatic carboxylic acids is 1. The highest BCUT2D eigenvalue weighted by molar-refractivity contribution is 8.26. The summed E-state index contributed by atoms with van der Waals surface area (Å²) in [6.45, 7) is 13.2. The number of nitrogens with zero attached hydrogens (tertiary/aromatic N) is 2. The summed E-state index contributed by atoms with van der Waals surface area (Å²) in [5.41, 5.74) is 5.31. The Morgan fingerprint density at radius 2 is 1.85 bits per heavy atom. The number of alkyl carbamates (subject to hydrolysis) is 1. The van der Waals surface area contributed by atoms with Crippen molar-refractivity contribution in [1.82, 2.24) is 15.2 Å². The SMILES string of the molecule is Cc1ccc(-c2c(/C=C3/SC(=S)N(CC(=O)O)C3=O)c(C)nc(CC(C)C)c2CNC(=O)OC(C)(C)C)cc1. The Morgan fingerprint density at radius 1 is 1.21 bits per heavy atom. The summed E-state index contributed by atoms with van der Waals surface area (Å²) >= 11 is 6.36. The molecule has 0 atom stereocenters. The number of nitrogens with one attached hydrogen (secondary N) is 1. The van der Waals surface area contributed by atoms with Crippen molar-refractivity contribution in [2.24, 2.45) is 5.92 Å². The maximum Gasteiger partial charge on any atom is 0.407 e. The summed E-state index contributed by atoms with van der Waals surface area (Å²) < 4.78 is 5.67. The Kier molecular flexibility index (Phi) is 9.55. The Labute approximate surface area is 239 Å². The van der Waals surface area contributed by atoms with E-state index in [0.29, 0.717) is 28.5 Å². The largest absolute Gasteiger partial charge is 0.480 e. The first-order valence-corrected chi connectivity index (χ1v) is 13.9. The zero-order valence-corrected chi connectivity index (χ0v) is 25.0. The average Bonchev–Trinajstić information content (AvgIpc) is 3.06. The van der Waals surface area contributed by atoms with Gasteiger partial charge >= 0.3 is 12.1 Å². The number of benzene rings is 1. The molecule has 2 N–H and O–H groups in total. The number of hydrogen-bond acceptors (Lipinski definition) is 7. The summed E-state index contributed by atoms with van der Waals surface area (Å²) in [4.78, 5) is 43.3. The molecule has 0 unspecified atom stereocenters. The van der Waals surface area contributed by atoms with Crippen molar-refractivity contribution in [2.75, 3.05) is 6.54 Å². The quantitative estimate of drug-likeness (QED) is 0.300. The van der Waals surface area contributed by atoms with Crippen LogP contribution in [0.1, 0.15) is 62.7 Å². The Balaban J connectivity index is 2.21. The first-order valence-electron chi connectivity index (χ1n) is 12.7. The van der Waals surface area contributed by atoms with Gasteiger partial charge in [-0.15, -0.1) is 0 Å². The molecular formula is C29H35N3O5S2. The van der Waals surface area contributed by atoms with Gasteiger partial charge in [0, 0.05) is 29.1 Å². The van der Waals surface area contributed by atoms with Gasteiger partial charge in [0.05, 0.1) is 4.91 Å². The summed E-state index contributed by atoms with van der Waals surface area (Å²) in [6, 6.07) is 8.03. The molecule has 208 valence electrons. The van der Waals surface area contributed by atoms with E-state index in [0.717, 1.165) is 44.6 Å². The van der Waals surface area contributed by atoms with Gasteiger partial charge in [-0.1, -0.05) is 67.7 Å². The summed E-state index contributed by atoms with van der Waals surface area (Å²) in [5.74, 6) is -1.29. The molecule has 2 heterocycles. The molecule has 0 bridgehead atoms. The number of ether oxygens (including phenoxy) is 1. The van der Waals surface area contributed by atoms with Gasteiger partial charge < -0.3 is 15.2 Å². The van der Waals surface area contributed by atoms with Crippen LogP contribution in [0.5, 0.6) is 0 Å². The van der Waals surface area contributed by atoms with Crippen molar-refractivity contribution in [3.63, 3.8) is 0 Å². The highest BCUT2D eigenvalue weighted by atomic mass is 32.2. The van der Waals surface area contributed by atoms with E-state index >= 15 is 0 Å². The summed E-state index contributed by atoms with van der Waals surface area (Å²) in [7, 11) is 0. The number of amides is 2. The number of carboxylic acids is 1. The fraction of sp³-hybridized carbons (Fsp3) is 0.414. The molecule has 0 saturated carbocycles. The second-order valence-corrected chi connectivity index (χ2v) is 12.6. The summed E-state index contributed by atoms with van der Waals surface area (Å²) in [5, 5.41) is 12.1. The number of pyridine rings is 1. The van der Waals surface area contributed by atoms with Crippen molar-refractivity contribution in [1.29, 1.82) is 0 Å². The minimum atomic E-state index is -1.14. The molecule has 8 nitrogen and oxygen atoms in total. The van der Waals surface area contributed by atoms with Crippen LogP contribution >= 0.6 is 24.0 Å². The lowest BCUT2D eigenvalue weighted by atomic mass is 9.89. The lowest BCUT2D eigenvalue weighted by molar-refractivity contribution is -0.140. The second-order valence-electron chi connectivity index (χ2n) is 10.9. The highest BCUT2D eigenvalue weighted by Crippen LogP contribution is 2.38. The van der Waals surface area contributed by atoms with E-state index < -0.39 is 30.1 Å². The molecule has 1 saturated heterocycles. The number of carboxylic acid groups (broad SMARTS) is 1. The molecule has 3 rings (SSSR count). The van der Waals surface area contributed by atoms with Crippen LogP contribution in [0.25, 0.3) is 17.2 Å². The van der Waals surface area contributed by atoms with Crippen LogP contribution in [0.15, 0.2) is 29.2 Å². The molecule has 1 aromatic carbocycles. The third kappa shape index (κ3) is 7.89. The van der Waals surface area contributed by atoms with Crippen LogP contribution in [0.4, 0.5) is 4.79 Å². The van der Waals surface area contributed by atoms with Gasteiger partial charge in [0.1, 0.15) is 16.5 Å². The minimum absolute atomic E-state index is 0.175. The Morgan fingerprint density at radius 3 is 2.41 bits per heavy atom. The number of carbonyl (C=O) groups excluding carboxylic acids is 2. The van der Waals surface area contributed by atoms with Gasteiger partial charge in [0.2, 0.25) is 0 Å². The molecule has 2 aromatic rings. The van der Waals surface area contributed by atoms with E-state index in [4.69, 9.17) is 21.9 Å². The first kappa shape index (κ1) is 30.3. The molecule has 0 aliphatic carbocycles. The van der Waals surface area contributed by atoms with Crippen LogP contribution in [0.2, 0.25) is 0 Å². The van der Waals surface area contributed by atoms with Gasteiger partial charge in [-0.3, -0.25) is 19.5 Å².